The molecule has 0 radical (unpaired) electrons. The number of benzene rings is 1. The normalized spacial score (nSPS) is 12.6. The molecule has 1 unspecified atom stereocenters. The highest BCUT2D eigenvalue weighted by Crippen LogP contribution is 2.17. The zero-order chi connectivity index (χ0) is 14.4. The Labute approximate surface area is 120 Å². The van der Waals surface area contributed by atoms with Crippen LogP contribution in [0, 0.1) is 6.92 Å². The summed E-state index contributed by atoms with van der Waals surface area (Å²) in [5.74, 6) is 1.40. The van der Waals surface area contributed by atoms with E-state index in [1.54, 1.807) is 0 Å². The van der Waals surface area contributed by atoms with Crippen molar-refractivity contribution >= 4 is 0 Å². The number of nitrogens with one attached hydrogen (secondary N) is 1. The Morgan fingerprint density at radius 3 is 2.50 bits per heavy atom. The smallest absolute Gasteiger partial charge is 0.227 e. The van der Waals surface area contributed by atoms with E-state index in [0.29, 0.717) is 17.8 Å². The Kier molecular flexibility index (Phi) is 5.30. The first-order chi connectivity index (χ1) is 9.72. The SMILES string of the molecule is CCc1ccc(C(CC)NCCc2nc(C)no2)cc1. The molecule has 1 heterocycles. The third kappa shape index (κ3) is 3.90. The van der Waals surface area contributed by atoms with E-state index in [0.717, 1.165) is 25.8 Å². The largest absolute Gasteiger partial charge is 0.339 e. The van der Waals surface area contributed by atoms with Crippen LogP contribution in [0.15, 0.2) is 28.8 Å². The lowest BCUT2D eigenvalue weighted by Crippen LogP contribution is -2.23. The van der Waals surface area contributed by atoms with Crippen molar-refractivity contribution < 1.29 is 4.52 Å². The van der Waals surface area contributed by atoms with Gasteiger partial charge >= 0.3 is 0 Å². The van der Waals surface area contributed by atoms with Crippen LogP contribution in [0.25, 0.3) is 0 Å². The van der Waals surface area contributed by atoms with Crippen LogP contribution in [-0.2, 0) is 12.8 Å². The van der Waals surface area contributed by atoms with Crippen molar-refractivity contribution in [3.05, 3.63) is 47.1 Å². The Morgan fingerprint density at radius 2 is 1.95 bits per heavy atom. The lowest BCUT2D eigenvalue weighted by molar-refractivity contribution is 0.368. The van der Waals surface area contributed by atoms with E-state index in [-0.39, 0.29) is 0 Å². The Hall–Kier alpha value is -1.68. The van der Waals surface area contributed by atoms with E-state index in [1.807, 2.05) is 6.92 Å². The predicted molar refractivity (Wildman–Crippen MR) is 79.6 cm³/mol. The highest BCUT2D eigenvalue weighted by atomic mass is 16.5. The number of hydrogen-bond donors (Lipinski definition) is 1. The van der Waals surface area contributed by atoms with Gasteiger partial charge in [-0.2, -0.15) is 4.98 Å². The molecule has 0 fully saturated rings. The number of hydrogen-bond acceptors (Lipinski definition) is 4. The standard InChI is InChI=1S/C16H23N3O/c1-4-13-6-8-14(9-7-13)15(5-2)17-11-10-16-18-12(3)19-20-16/h6-9,15,17H,4-5,10-11H2,1-3H3. The van der Waals surface area contributed by atoms with Crippen molar-refractivity contribution in [3.63, 3.8) is 0 Å². The van der Waals surface area contributed by atoms with Gasteiger partial charge in [-0.25, -0.2) is 0 Å². The quantitative estimate of drug-likeness (QED) is 0.841. The van der Waals surface area contributed by atoms with Crippen molar-refractivity contribution in [1.82, 2.24) is 15.5 Å². The molecule has 0 saturated carbocycles. The zero-order valence-corrected chi connectivity index (χ0v) is 12.5. The number of aryl methyl sites for hydroxylation is 2. The molecule has 0 bridgehead atoms. The number of rotatable bonds is 7. The maximum absolute atomic E-state index is 5.11. The van der Waals surface area contributed by atoms with Crippen LogP contribution in [0.2, 0.25) is 0 Å². The molecule has 1 N–H and O–H groups in total. The summed E-state index contributed by atoms with van der Waals surface area (Å²) in [6.07, 6.45) is 2.92. The lowest BCUT2D eigenvalue weighted by Gasteiger charge is -2.17. The molecule has 0 spiro atoms. The summed E-state index contributed by atoms with van der Waals surface area (Å²) < 4.78 is 5.11. The average Bonchev–Trinajstić information content (AvgIpc) is 2.89. The maximum atomic E-state index is 5.11. The summed E-state index contributed by atoms with van der Waals surface area (Å²) in [4.78, 5) is 4.21. The third-order valence-electron chi connectivity index (χ3n) is 3.50. The molecule has 2 rings (SSSR count). The van der Waals surface area contributed by atoms with Crippen LogP contribution < -0.4 is 5.32 Å². The first kappa shape index (κ1) is 14.7. The average molecular weight is 273 g/mol. The van der Waals surface area contributed by atoms with E-state index in [1.165, 1.54) is 11.1 Å². The van der Waals surface area contributed by atoms with Crippen LogP contribution in [0.4, 0.5) is 0 Å². The highest BCUT2D eigenvalue weighted by Gasteiger charge is 2.09. The van der Waals surface area contributed by atoms with Gasteiger partial charge in [0.15, 0.2) is 5.82 Å². The van der Waals surface area contributed by atoms with Gasteiger partial charge in [-0.3, -0.25) is 0 Å². The number of nitrogens with zero attached hydrogens (tertiary/aromatic N) is 2. The van der Waals surface area contributed by atoms with Crippen LogP contribution in [-0.4, -0.2) is 16.7 Å². The molecule has 0 saturated heterocycles. The van der Waals surface area contributed by atoms with Gasteiger partial charge in [-0.1, -0.05) is 43.3 Å². The molecule has 0 aliphatic rings. The molecule has 1 aromatic heterocycles. The molecule has 20 heavy (non-hydrogen) atoms. The molecule has 1 aromatic carbocycles. The first-order valence-corrected chi connectivity index (χ1v) is 7.34. The van der Waals surface area contributed by atoms with Crippen LogP contribution >= 0.6 is 0 Å². The van der Waals surface area contributed by atoms with Crippen LogP contribution in [0.3, 0.4) is 0 Å². The van der Waals surface area contributed by atoms with Crippen molar-refractivity contribution in [1.29, 1.82) is 0 Å². The maximum Gasteiger partial charge on any atom is 0.227 e. The topological polar surface area (TPSA) is 51.0 Å². The zero-order valence-electron chi connectivity index (χ0n) is 12.5. The monoisotopic (exact) mass is 273 g/mol. The summed E-state index contributed by atoms with van der Waals surface area (Å²) >= 11 is 0. The minimum atomic E-state index is 0.380. The van der Waals surface area contributed by atoms with Gasteiger partial charge in [-0.05, 0) is 30.9 Å². The van der Waals surface area contributed by atoms with Gasteiger partial charge in [0.05, 0.1) is 0 Å². The molecule has 4 heteroatoms. The molecule has 108 valence electrons. The Morgan fingerprint density at radius 1 is 1.20 bits per heavy atom. The third-order valence-corrected chi connectivity index (χ3v) is 3.50. The van der Waals surface area contributed by atoms with Crippen molar-refractivity contribution in [2.45, 2.75) is 46.1 Å². The second-order valence-corrected chi connectivity index (χ2v) is 5.00. The molecule has 2 aromatic rings. The van der Waals surface area contributed by atoms with E-state index < -0.39 is 0 Å². The Bertz CT molecular complexity index is 519. The second-order valence-electron chi connectivity index (χ2n) is 5.00. The van der Waals surface area contributed by atoms with Gasteiger partial charge in [-0.15, -0.1) is 0 Å². The van der Waals surface area contributed by atoms with Gasteiger partial charge in [0, 0.05) is 19.0 Å². The van der Waals surface area contributed by atoms with Gasteiger partial charge < -0.3 is 9.84 Å². The molecule has 0 amide bonds. The van der Waals surface area contributed by atoms with Gasteiger partial charge in [0.25, 0.3) is 0 Å². The minimum Gasteiger partial charge on any atom is -0.339 e. The summed E-state index contributed by atoms with van der Waals surface area (Å²) in [7, 11) is 0. The summed E-state index contributed by atoms with van der Waals surface area (Å²) in [5, 5.41) is 7.35. The highest BCUT2D eigenvalue weighted by molar-refractivity contribution is 5.25. The van der Waals surface area contributed by atoms with Crippen molar-refractivity contribution in [2.75, 3.05) is 6.54 Å². The fourth-order valence-electron chi connectivity index (χ4n) is 2.28. The fraction of sp³-hybridized carbons (Fsp3) is 0.500. The molecule has 1 atom stereocenters. The molecule has 0 aliphatic heterocycles. The van der Waals surface area contributed by atoms with Crippen LogP contribution in [0.5, 0.6) is 0 Å². The molecular weight excluding hydrogens is 250 g/mol. The van der Waals surface area contributed by atoms with Crippen molar-refractivity contribution in [3.8, 4) is 0 Å². The molecular formula is C16H23N3O. The van der Waals surface area contributed by atoms with Crippen molar-refractivity contribution in [2.24, 2.45) is 0 Å². The first-order valence-electron chi connectivity index (χ1n) is 7.34. The van der Waals surface area contributed by atoms with E-state index in [9.17, 15) is 0 Å². The fourth-order valence-corrected chi connectivity index (χ4v) is 2.28. The number of aromatic nitrogens is 2. The summed E-state index contributed by atoms with van der Waals surface area (Å²) in [6, 6.07) is 9.24. The predicted octanol–water partition coefficient (Wildman–Crippen LogP) is 3.22. The molecule has 0 aliphatic carbocycles. The van der Waals surface area contributed by atoms with E-state index in [4.69, 9.17) is 4.52 Å². The minimum absolute atomic E-state index is 0.380. The van der Waals surface area contributed by atoms with Crippen LogP contribution in [0.1, 0.15) is 49.2 Å². The Balaban J connectivity index is 1.88. The second kappa shape index (κ2) is 7.20. The summed E-state index contributed by atoms with van der Waals surface area (Å²) in [5.41, 5.74) is 2.72. The molecule has 4 nitrogen and oxygen atoms in total. The van der Waals surface area contributed by atoms with Gasteiger partial charge in [0.2, 0.25) is 5.89 Å². The van der Waals surface area contributed by atoms with Gasteiger partial charge in [0.1, 0.15) is 0 Å². The summed E-state index contributed by atoms with van der Waals surface area (Å²) in [6.45, 7) is 7.05. The van der Waals surface area contributed by atoms with E-state index >= 15 is 0 Å². The lowest BCUT2D eigenvalue weighted by atomic mass is 10.0. The van der Waals surface area contributed by atoms with E-state index in [2.05, 4.69) is 53.6 Å².